The van der Waals surface area contributed by atoms with Gasteiger partial charge in [-0.1, -0.05) is 42.0 Å². The normalized spacial score (nSPS) is 14.5. The number of aryl methyl sites for hydroxylation is 1. The maximum atomic E-state index is 12.7. The van der Waals surface area contributed by atoms with E-state index in [2.05, 4.69) is 0 Å². The molecule has 0 fully saturated rings. The van der Waals surface area contributed by atoms with E-state index in [9.17, 15) is 14.4 Å². The summed E-state index contributed by atoms with van der Waals surface area (Å²) in [6.07, 6.45) is -0.0783. The molecule has 0 saturated carbocycles. The van der Waals surface area contributed by atoms with Crippen LogP contribution in [0.3, 0.4) is 0 Å². The SMILES string of the molecule is COC(=O)CC(c1ccc(C)cc1)N1C(=O)c2ccccc2C1=O. The Labute approximate surface area is 139 Å². The van der Waals surface area contributed by atoms with Crippen molar-refractivity contribution in [2.75, 3.05) is 7.11 Å². The first-order valence-electron chi connectivity index (χ1n) is 7.63. The Balaban J connectivity index is 2.03. The van der Waals surface area contributed by atoms with Crippen LogP contribution in [0.1, 0.15) is 44.3 Å². The zero-order valence-electron chi connectivity index (χ0n) is 13.5. The van der Waals surface area contributed by atoms with Crippen molar-refractivity contribution >= 4 is 17.8 Å². The molecule has 2 aromatic carbocycles. The number of esters is 1. The molecule has 0 spiro atoms. The zero-order chi connectivity index (χ0) is 17.3. The average Bonchev–Trinajstić information content (AvgIpc) is 2.85. The predicted octanol–water partition coefficient (Wildman–Crippen LogP) is 2.90. The molecule has 0 saturated heterocycles. The minimum absolute atomic E-state index is 0.0783. The number of benzene rings is 2. The van der Waals surface area contributed by atoms with E-state index < -0.39 is 12.0 Å². The lowest BCUT2D eigenvalue weighted by Crippen LogP contribution is -2.35. The van der Waals surface area contributed by atoms with Crippen molar-refractivity contribution in [3.63, 3.8) is 0 Å². The molecule has 0 radical (unpaired) electrons. The summed E-state index contributed by atoms with van der Waals surface area (Å²) in [4.78, 5) is 38.4. The Bertz CT molecular complexity index is 775. The van der Waals surface area contributed by atoms with Crippen molar-refractivity contribution in [3.8, 4) is 0 Å². The molecule has 2 amide bonds. The molecule has 0 N–H and O–H groups in total. The van der Waals surface area contributed by atoms with Crippen LogP contribution >= 0.6 is 0 Å². The van der Waals surface area contributed by atoms with Crippen molar-refractivity contribution < 1.29 is 19.1 Å². The number of imide groups is 1. The number of nitrogens with zero attached hydrogens (tertiary/aromatic N) is 1. The van der Waals surface area contributed by atoms with Gasteiger partial charge in [0, 0.05) is 0 Å². The highest BCUT2D eigenvalue weighted by molar-refractivity contribution is 6.21. The van der Waals surface area contributed by atoms with Crippen molar-refractivity contribution in [3.05, 3.63) is 70.8 Å². The first-order valence-corrected chi connectivity index (χ1v) is 7.63. The second kappa shape index (κ2) is 6.28. The Morgan fingerprint density at radius 3 is 2.04 bits per heavy atom. The zero-order valence-corrected chi connectivity index (χ0v) is 13.5. The summed E-state index contributed by atoms with van der Waals surface area (Å²) in [5, 5.41) is 0. The molecule has 1 aliphatic heterocycles. The summed E-state index contributed by atoms with van der Waals surface area (Å²) in [7, 11) is 1.29. The van der Waals surface area contributed by atoms with E-state index in [4.69, 9.17) is 4.74 Å². The number of amides is 2. The first kappa shape index (κ1) is 15.9. The van der Waals surface area contributed by atoms with Crippen LogP contribution in [0.25, 0.3) is 0 Å². The van der Waals surface area contributed by atoms with Crippen molar-refractivity contribution in [1.82, 2.24) is 4.90 Å². The van der Waals surface area contributed by atoms with E-state index in [0.29, 0.717) is 11.1 Å². The number of carbonyl (C=O) groups excluding carboxylic acids is 3. The van der Waals surface area contributed by atoms with E-state index in [0.717, 1.165) is 16.0 Å². The van der Waals surface area contributed by atoms with Gasteiger partial charge in [-0.05, 0) is 24.6 Å². The highest BCUT2D eigenvalue weighted by Gasteiger charge is 2.41. The van der Waals surface area contributed by atoms with Crippen LogP contribution in [-0.4, -0.2) is 29.8 Å². The number of hydrogen-bond donors (Lipinski definition) is 0. The van der Waals surface area contributed by atoms with Gasteiger partial charge in [-0.2, -0.15) is 0 Å². The standard InChI is InChI=1S/C19H17NO4/c1-12-7-9-13(10-8-12)16(11-17(21)24-2)20-18(22)14-5-3-4-6-15(14)19(20)23/h3-10,16H,11H2,1-2H3. The molecule has 1 aliphatic rings. The molecule has 3 rings (SSSR count). The fourth-order valence-corrected chi connectivity index (χ4v) is 2.88. The van der Waals surface area contributed by atoms with E-state index in [1.165, 1.54) is 7.11 Å². The summed E-state index contributed by atoms with van der Waals surface area (Å²) in [5.41, 5.74) is 2.51. The molecule has 2 aromatic rings. The Morgan fingerprint density at radius 1 is 1.00 bits per heavy atom. The number of methoxy groups -OCH3 is 1. The van der Waals surface area contributed by atoms with Gasteiger partial charge in [0.15, 0.2) is 0 Å². The second-order valence-electron chi connectivity index (χ2n) is 5.73. The maximum Gasteiger partial charge on any atom is 0.307 e. The van der Waals surface area contributed by atoms with Crippen LogP contribution in [0.15, 0.2) is 48.5 Å². The van der Waals surface area contributed by atoms with Gasteiger partial charge in [0.25, 0.3) is 11.8 Å². The fraction of sp³-hybridized carbons (Fsp3) is 0.211. The minimum Gasteiger partial charge on any atom is -0.469 e. The van der Waals surface area contributed by atoms with Gasteiger partial charge in [0.1, 0.15) is 0 Å². The summed E-state index contributed by atoms with van der Waals surface area (Å²) in [5.74, 6) is -1.24. The molecule has 5 nitrogen and oxygen atoms in total. The lowest BCUT2D eigenvalue weighted by molar-refractivity contribution is -0.141. The third-order valence-electron chi connectivity index (χ3n) is 4.19. The van der Waals surface area contributed by atoms with Crippen LogP contribution in [0, 0.1) is 6.92 Å². The largest absolute Gasteiger partial charge is 0.469 e. The summed E-state index contributed by atoms with van der Waals surface area (Å²) in [6, 6.07) is 13.4. The van der Waals surface area contributed by atoms with Crippen LogP contribution in [-0.2, 0) is 9.53 Å². The predicted molar refractivity (Wildman–Crippen MR) is 87.5 cm³/mol. The quantitative estimate of drug-likeness (QED) is 0.641. The molecule has 1 atom stereocenters. The molecule has 1 heterocycles. The number of ether oxygens (including phenoxy) is 1. The first-order chi connectivity index (χ1) is 11.5. The van der Waals surface area contributed by atoms with Gasteiger partial charge in [-0.25, -0.2) is 0 Å². The highest BCUT2D eigenvalue weighted by atomic mass is 16.5. The molecular formula is C19H17NO4. The Morgan fingerprint density at radius 2 is 1.54 bits per heavy atom. The maximum absolute atomic E-state index is 12.7. The molecule has 5 heteroatoms. The number of fused-ring (bicyclic) bond motifs is 1. The Kier molecular flexibility index (Phi) is 4.16. The van der Waals surface area contributed by atoms with Gasteiger partial charge in [-0.15, -0.1) is 0 Å². The fourth-order valence-electron chi connectivity index (χ4n) is 2.88. The van der Waals surface area contributed by atoms with Crippen LogP contribution in [0.5, 0.6) is 0 Å². The topological polar surface area (TPSA) is 63.7 Å². The number of rotatable bonds is 4. The second-order valence-corrected chi connectivity index (χ2v) is 5.73. The van der Waals surface area contributed by atoms with Crippen molar-refractivity contribution in [2.45, 2.75) is 19.4 Å². The molecule has 0 aromatic heterocycles. The third-order valence-corrected chi connectivity index (χ3v) is 4.19. The molecular weight excluding hydrogens is 306 g/mol. The average molecular weight is 323 g/mol. The van der Waals surface area contributed by atoms with Gasteiger partial charge in [0.2, 0.25) is 0 Å². The smallest absolute Gasteiger partial charge is 0.307 e. The third kappa shape index (κ3) is 2.69. The summed E-state index contributed by atoms with van der Waals surface area (Å²) < 4.78 is 4.74. The van der Waals surface area contributed by atoms with Gasteiger partial charge < -0.3 is 4.74 Å². The van der Waals surface area contributed by atoms with E-state index in [-0.39, 0.29) is 18.2 Å². The number of hydrogen-bond acceptors (Lipinski definition) is 4. The van der Waals surface area contributed by atoms with Crippen molar-refractivity contribution in [2.24, 2.45) is 0 Å². The van der Waals surface area contributed by atoms with Gasteiger partial charge >= 0.3 is 5.97 Å². The van der Waals surface area contributed by atoms with E-state index in [1.807, 2.05) is 31.2 Å². The lowest BCUT2D eigenvalue weighted by Gasteiger charge is -2.26. The Hall–Kier alpha value is -2.95. The van der Waals surface area contributed by atoms with Crippen LogP contribution in [0.4, 0.5) is 0 Å². The molecule has 24 heavy (non-hydrogen) atoms. The van der Waals surface area contributed by atoms with Gasteiger partial charge in [0.05, 0.1) is 30.7 Å². The molecule has 1 unspecified atom stereocenters. The van der Waals surface area contributed by atoms with E-state index in [1.54, 1.807) is 24.3 Å². The summed E-state index contributed by atoms with van der Waals surface area (Å²) >= 11 is 0. The molecule has 0 aliphatic carbocycles. The van der Waals surface area contributed by atoms with Crippen LogP contribution < -0.4 is 0 Å². The summed E-state index contributed by atoms with van der Waals surface area (Å²) in [6.45, 7) is 1.95. The molecule has 122 valence electrons. The van der Waals surface area contributed by atoms with Crippen molar-refractivity contribution in [1.29, 1.82) is 0 Å². The van der Waals surface area contributed by atoms with E-state index >= 15 is 0 Å². The highest BCUT2D eigenvalue weighted by Crippen LogP contribution is 2.33. The van der Waals surface area contributed by atoms with Gasteiger partial charge in [-0.3, -0.25) is 19.3 Å². The monoisotopic (exact) mass is 323 g/mol. The molecule has 0 bridgehead atoms. The lowest BCUT2D eigenvalue weighted by atomic mass is 10.0. The minimum atomic E-state index is -0.689. The number of carbonyl (C=O) groups is 3. The van der Waals surface area contributed by atoms with Crippen LogP contribution in [0.2, 0.25) is 0 Å².